The van der Waals surface area contributed by atoms with Crippen LogP contribution >= 0.6 is 11.8 Å². The lowest BCUT2D eigenvalue weighted by molar-refractivity contribution is 0.102. The molecule has 33 heavy (non-hydrogen) atoms. The Kier molecular flexibility index (Phi) is 6.32. The first-order valence-corrected chi connectivity index (χ1v) is 12.2. The molecule has 1 saturated heterocycles. The first kappa shape index (κ1) is 21.6. The van der Waals surface area contributed by atoms with Gasteiger partial charge in [-0.1, -0.05) is 48.2 Å². The highest BCUT2D eigenvalue weighted by atomic mass is 32.2. The fourth-order valence-electron chi connectivity index (χ4n) is 4.24. The topological polar surface area (TPSA) is 85.0 Å². The average Bonchev–Trinajstić information content (AvgIpc) is 3.23. The lowest BCUT2D eigenvalue weighted by atomic mass is 10.1. The molecular formula is C26H27N5OS. The smallest absolute Gasteiger partial charge is 0.255 e. The normalized spacial score (nSPS) is 16.1. The van der Waals surface area contributed by atoms with Gasteiger partial charge in [-0.15, -0.1) is 0 Å². The number of nitrogens with one attached hydrogen (secondary N) is 2. The van der Waals surface area contributed by atoms with Crippen LogP contribution in [0.4, 0.5) is 11.4 Å². The van der Waals surface area contributed by atoms with Crippen molar-refractivity contribution in [2.45, 2.75) is 29.8 Å². The Morgan fingerprint density at radius 3 is 2.67 bits per heavy atom. The number of hydrogen-bond donors (Lipinski definition) is 3. The summed E-state index contributed by atoms with van der Waals surface area (Å²) in [6, 6.07) is 23.8. The number of carbonyl (C=O) groups is 1. The number of anilines is 2. The van der Waals surface area contributed by atoms with Gasteiger partial charge in [-0.25, -0.2) is 4.98 Å². The van der Waals surface area contributed by atoms with Crippen LogP contribution in [-0.4, -0.2) is 28.5 Å². The third kappa shape index (κ3) is 4.74. The van der Waals surface area contributed by atoms with Crippen LogP contribution in [0.15, 0.2) is 78.0 Å². The van der Waals surface area contributed by atoms with E-state index in [2.05, 4.69) is 33.4 Å². The number of nitrogen functional groups attached to an aromatic ring is 1. The van der Waals surface area contributed by atoms with E-state index < -0.39 is 0 Å². The lowest BCUT2D eigenvalue weighted by Gasteiger charge is -2.26. The van der Waals surface area contributed by atoms with Gasteiger partial charge in [-0.3, -0.25) is 4.79 Å². The molecule has 0 radical (unpaired) electrons. The first-order chi connectivity index (χ1) is 16.2. The second-order valence-corrected chi connectivity index (χ2v) is 9.22. The Morgan fingerprint density at radius 1 is 1.09 bits per heavy atom. The highest BCUT2D eigenvalue weighted by molar-refractivity contribution is 7.98. The van der Waals surface area contributed by atoms with E-state index in [0.29, 0.717) is 23.0 Å². The van der Waals surface area contributed by atoms with Crippen molar-refractivity contribution in [2.24, 2.45) is 0 Å². The van der Waals surface area contributed by atoms with Gasteiger partial charge in [0.2, 0.25) is 0 Å². The fraction of sp³-hybridized carbons (Fsp3) is 0.231. The number of thioether (sulfide) groups is 1. The molecule has 0 bridgehead atoms. The summed E-state index contributed by atoms with van der Waals surface area (Å²) in [6.07, 6.45) is 2.34. The van der Waals surface area contributed by atoms with Gasteiger partial charge in [0.05, 0.1) is 22.4 Å². The molecular weight excluding hydrogens is 430 g/mol. The number of rotatable bonds is 6. The monoisotopic (exact) mass is 457 g/mol. The highest BCUT2D eigenvalue weighted by Crippen LogP contribution is 2.32. The van der Waals surface area contributed by atoms with Crippen molar-refractivity contribution in [1.29, 1.82) is 0 Å². The van der Waals surface area contributed by atoms with Crippen molar-refractivity contribution in [2.75, 3.05) is 24.1 Å². The zero-order chi connectivity index (χ0) is 22.6. The van der Waals surface area contributed by atoms with E-state index in [1.807, 2.05) is 42.5 Å². The minimum absolute atomic E-state index is 0.168. The molecule has 1 aliphatic heterocycles. The number of aromatic nitrogens is 2. The van der Waals surface area contributed by atoms with E-state index in [0.717, 1.165) is 41.5 Å². The Labute approximate surface area is 197 Å². The molecule has 5 rings (SSSR count). The molecule has 1 amide bonds. The minimum atomic E-state index is -0.168. The average molecular weight is 458 g/mol. The van der Waals surface area contributed by atoms with Gasteiger partial charge < -0.3 is 20.9 Å². The second kappa shape index (κ2) is 9.68. The van der Waals surface area contributed by atoms with E-state index in [1.54, 1.807) is 23.9 Å². The van der Waals surface area contributed by atoms with Gasteiger partial charge in [-0.05, 0) is 61.3 Å². The third-order valence-electron chi connectivity index (χ3n) is 5.99. The van der Waals surface area contributed by atoms with Gasteiger partial charge in [0, 0.05) is 23.9 Å². The number of benzene rings is 3. The Hall–Kier alpha value is -3.29. The van der Waals surface area contributed by atoms with Crippen LogP contribution < -0.4 is 16.4 Å². The van der Waals surface area contributed by atoms with E-state index in [1.165, 1.54) is 11.9 Å². The van der Waals surface area contributed by atoms with Crippen LogP contribution in [0.3, 0.4) is 0 Å². The molecule has 4 aromatic rings. The summed E-state index contributed by atoms with van der Waals surface area (Å²) < 4.78 is 2.40. The number of piperidine rings is 1. The number of carbonyl (C=O) groups excluding carboxylic acids is 1. The standard InChI is InChI=1S/C26H27N5OS/c27-21-7-1-2-8-22(21)29-25(32)19-13-11-18(12-14-19)17-33-26-30-23-9-3-4-10-24(23)31(26)20-6-5-15-28-16-20/h1-4,7-14,20,28H,5-6,15-17,27H2,(H,29,32). The van der Waals surface area contributed by atoms with Crippen LogP contribution in [0, 0.1) is 0 Å². The molecule has 6 nitrogen and oxygen atoms in total. The molecule has 4 N–H and O–H groups in total. The quantitative estimate of drug-likeness (QED) is 0.277. The lowest BCUT2D eigenvalue weighted by Crippen LogP contribution is -2.31. The molecule has 3 aromatic carbocycles. The number of amides is 1. The Morgan fingerprint density at radius 2 is 1.88 bits per heavy atom. The largest absolute Gasteiger partial charge is 0.397 e. The Balaban J connectivity index is 1.30. The summed E-state index contributed by atoms with van der Waals surface area (Å²) in [5, 5.41) is 7.44. The van der Waals surface area contributed by atoms with Gasteiger partial charge >= 0.3 is 0 Å². The summed E-state index contributed by atoms with van der Waals surface area (Å²) >= 11 is 1.75. The van der Waals surface area contributed by atoms with E-state index in [4.69, 9.17) is 10.7 Å². The molecule has 0 spiro atoms. The summed E-state index contributed by atoms with van der Waals surface area (Å²) in [4.78, 5) is 17.5. The summed E-state index contributed by atoms with van der Waals surface area (Å²) in [5.41, 5.74) is 11.1. The van der Waals surface area contributed by atoms with Crippen LogP contribution in [0.25, 0.3) is 11.0 Å². The van der Waals surface area contributed by atoms with Crippen molar-refractivity contribution >= 4 is 40.1 Å². The molecule has 1 unspecified atom stereocenters. The molecule has 2 heterocycles. The molecule has 168 valence electrons. The number of para-hydroxylation sites is 4. The summed E-state index contributed by atoms with van der Waals surface area (Å²) in [6.45, 7) is 2.06. The van der Waals surface area contributed by atoms with Crippen LogP contribution in [0.1, 0.15) is 34.8 Å². The van der Waals surface area contributed by atoms with Crippen molar-refractivity contribution in [1.82, 2.24) is 14.9 Å². The fourth-order valence-corrected chi connectivity index (χ4v) is 5.27. The maximum atomic E-state index is 12.6. The first-order valence-electron chi connectivity index (χ1n) is 11.2. The molecule has 1 aliphatic rings. The summed E-state index contributed by atoms with van der Waals surface area (Å²) in [7, 11) is 0. The molecule has 0 aliphatic carbocycles. The predicted octanol–water partition coefficient (Wildman–Crippen LogP) is 5.09. The number of imidazole rings is 1. The minimum Gasteiger partial charge on any atom is -0.397 e. The number of nitrogens with two attached hydrogens (primary N) is 1. The van der Waals surface area contributed by atoms with Crippen molar-refractivity contribution in [3.8, 4) is 0 Å². The molecule has 0 saturated carbocycles. The van der Waals surface area contributed by atoms with Gasteiger partial charge in [-0.2, -0.15) is 0 Å². The van der Waals surface area contributed by atoms with Crippen molar-refractivity contribution in [3.05, 3.63) is 83.9 Å². The molecule has 1 fully saturated rings. The molecule has 1 atom stereocenters. The van der Waals surface area contributed by atoms with Crippen LogP contribution in [0.2, 0.25) is 0 Å². The number of fused-ring (bicyclic) bond motifs is 1. The van der Waals surface area contributed by atoms with Gasteiger partial charge in [0.15, 0.2) is 5.16 Å². The van der Waals surface area contributed by atoms with E-state index >= 15 is 0 Å². The zero-order valence-electron chi connectivity index (χ0n) is 18.3. The predicted molar refractivity (Wildman–Crippen MR) is 136 cm³/mol. The number of hydrogen-bond acceptors (Lipinski definition) is 5. The Bertz CT molecular complexity index is 1260. The van der Waals surface area contributed by atoms with Crippen molar-refractivity contribution < 1.29 is 4.79 Å². The molecule has 7 heteroatoms. The third-order valence-corrected chi connectivity index (χ3v) is 7.02. The maximum Gasteiger partial charge on any atom is 0.255 e. The van der Waals surface area contributed by atoms with Crippen molar-refractivity contribution in [3.63, 3.8) is 0 Å². The van der Waals surface area contributed by atoms with Crippen LogP contribution in [0.5, 0.6) is 0 Å². The maximum absolute atomic E-state index is 12.6. The number of nitrogens with zero attached hydrogens (tertiary/aromatic N) is 2. The van der Waals surface area contributed by atoms with E-state index in [-0.39, 0.29) is 5.91 Å². The van der Waals surface area contributed by atoms with Gasteiger partial charge in [0.1, 0.15) is 0 Å². The second-order valence-electron chi connectivity index (χ2n) is 8.28. The summed E-state index contributed by atoms with van der Waals surface area (Å²) in [5.74, 6) is 0.621. The highest BCUT2D eigenvalue weighted by Gasteiger charge is 2.21. The SMILES string of the molecule is Nc1ccccc1NC(=O)c1ccc(CSc2nc3ccccc3n2C2CCCNC2)cc1. The van der Waals surface area contributed by atoms with Gasteiger partial charge in [0.25, 0.3) is 5.91 Å². The van der Waals surface area contributed by atoms with Crippen LogP contribution in [-0.2, 0) is 5.75 Å². The van der Waals surface area contributed by atoms with E-state index in [9.17, 15) is 4.79 Å². The molecule has 1 aromatic heterocycles. The zero-order valence-corrected chi connectivity index (χ0v) is 19.1.